The number of nitrogens with one attached hydrogen (secondary N) is 2. The number of alkyl carbamates (subject to hydrolysis) is 1. The average Bonchev–Trinajstić information content (AvgIpc) is 2.66. The number of carbonyl (C=O) groups is 2. The SMILES string of the molecule is Cc1nn(C)c(Cl)c1C=CC(=O)NC(C)(C)CNC(=O)OC(C)(C)C. The number of rotatable bonds is 5. The lowest BCUT2D eigenvalue weighted by Gasteiger charge is -2.27. The number of hydrogen-bond acceptors (Lipinski definition) is 4. The van der Waals surface area contributed by atoms with Crippen molar-refractivity contribution < 1.29 is 14.3 Å². The van der Waals surface area contributed by atoms with Gasteiger partial charge in [0.05, 0.1) is 11.2 Å². The topological polar surface area (TPSA) is 85.3 Å². The molecule has 25 heavy (non-hydrogen) atoms. The van der Waals surface area contributed by atoms with Crippen molar-refractivity contribution in [1.82, 2.24) is 20.4 Å². The molecule has 7 nitrogen and oxygen atoms in total. The molecule has 0 aliphatic heterocycles. The number of halogens is 1. The van der Waals surface area contributed by atoms with Crippen LogP contribution in [0.5, 0.6) is 0 Å². The van der Waals surface area contributed by atoms with Crippen molar-refractivity contribution in [2.45, 2.75) is 52.7 Å². The van der Waals surface area contributed by atoms with Crippen LogP contribution in [0.1, 0.15) is 45.9 Å². The van der Waals surface area contributed by atoms with Gasteiger partial charge in [-0.3, -0.25) is 9.48 Å². The zero-order chi connectivity index (χ0) is 19.4. The molecule has 2 N–H and O–H groups in total. The zero-order valence-electron chi connectivity index (χ0n) is 15.9. The van der Waals surface area contributed by atoms with Crippen molar-refractivity contribution in [3.05, 3.63) is 22.5 Å². The van der Waals surface area contributed by atoms with Gasteiger partial charge in [-0.15, -0.1) is 0 Å². The molecule has 0 spiro atoms. The van der Waals surface area contributed by atoms with Gasteiger partial charge in [-0.25, -0.2) is 4.79 Å². The Balaban J connectivity index is 2.60. The highest BCUT2D eigenvalue weighted by molar-refractivity contribution is 6.31. The fourth-order valence-corrected chi connectivity index (χ4v) is 2.26. The van der Waals surface area contributed by atoms with Crippen molar-refractivity contribution in [2.75, 3.05) is 6.54 Å². The molecule has 1 heterocycles. The highest BCUT2D eigenvalue weighted by atomic mass is 35.5. The minimum absolute atomic E-state index is 0.230. The molecular formula is C17H27ClN4O3. The minimum atomic E-state index is -0.647. The molecule has 0 unspecified atom stereocenters. The van der Waals surface area contributed by atoms with Crippen molar-refractivity contribution in [3.8, 4) is 0 Å². The Kier molecular flexibility index (Phi) is 6.65. The molecule has 0 saturated carbocycles. The van der Waals surface area contributed by atoms with E-state index in [4.69, 9.17) is 16.3 Å². The van der Waals surface area contributed by atoms with Gasteiger partial charge in [-0.2, -0.15) is 5.10 Å². The van der Waals surface area contributed by atoms with Gasteiger partial charge in [0.15, 0.2) is 0 Å². The maximum Gasteiger partial charge on any atom is 0.407 e. The number of carbonyl (C=O) groups excluding carboxylic acids is 2. The summed E-state index contributed by atoms with van der Waals surface area (Å²) in [6, 6.07) is 0. The van der Waals surface area contributed by atoms with Crippen LogP contribution >= 0.6 is 11.6 Å². The van der Waals surface area contributed by atoms with Crippen molar-refractivity contribution in [2.24, 2.45) is 7.05 Å². The van der Waals surface area contributed by atoms with E-state index in [-0.39, 0.29) is 12.5 Å². The largest absolute Gasteiger partial charge is 0.444 e. The fourth-order valence-electron chi connectivity index (χ4n) is 2.02. The quantitative estimate of drug-likeness (QED) is 0.780. The molecule has 1 aromatic rings. The first-order chi connectivity index (χ1) is 11.3. The van der Waals surface area contributed by atoms with E-state index in [0.29, 0.717) is 10.7 Å². The second-order valence-electron chi connectivity index (χ2n) is 7.48. The van der Waals surface area contributed by atoms with Crippen LogP contribution in [0.15, 0.2) is 6.08 Å². The summed E-state index contributed by atoms with van der Waals surface area (Å²) in [5.74, 6) is -0.296. The van der Waals surface area contributed by atoms with E-state index in [2.05, 4.69) is 15.7 Å². The molecule has 1 aromatic heterocycles. The van der Waals surface area contributed by atoms with Gasteiger partial charge >= 0.3 is 6.09 Å². The summed E-state index contributed by atoms with van der Waals surface area (Å²) in [6.45, 7) is 11.0. The second kappa shape index (κ2) is 7.91. The van der Waals surface area contributed by atoms with E-state index in [0.717, 1.165) is 5.69 Å². The molecule has 0 radical (unpaired) electrons. The molecule has 0 aromatic carbocycles. The Labute approximate surface area is 153 Å². The van der Waals surface area contributed by atoms with Crippen LogP contribution in [0.4, 0.5) is 4.79 Å². The van der Waals surface area contributed by atoms with Crippen LogP contribution < -0.4 is 10.6 Å². The maximum absolute atomic E-state index is 12.1. The normalized spacial score (nSPS) is 12.3. The van der Waals surface area contributed by atoms with Crippen molar-refractivity contribution in [3.63, 3.8) is 0 Å². The summed E-state index contributed by atoms with van der Waals surface area (Å²) in [5, 5.41) is 10.1. The van der Waals surface area contributed by atoms with Gasteiger partial charge in [0.2, 0.25) is 5.91 Å². The van der Waals surface area contributed by atoms with Crippen LogP contribution in [0, 0.1) is 6.92 Å². The van der Waals surface area contributed by atoms with E-state index in [9.17, 15) is 9.59 Å². The summed E-state index contributed by atoms with van der Waals surface area (Å²) < 4.78 is 6.72. The van der Waals surface area contributed by atoms with Crippen LogP contribution in [-0.2, 0) is 16.6 Å². The summed E-state index contributed by atoms with van der Waals surface area (Å²) in [4.78, 5) is 23.8. The minimum Gasteiger partial charge on any atom is -0.444 e. The second-order valence-corrected chi connectivity index (χ2v) is 7.83. The Hall–Kier alpha value is -2.02. The number of aryl methyl sites for hydroxylation is 2. The predicted molar refractivity (Wildman–Crippen MR) is 98.4 cm³/mol. The zero-order valence-corrected chi connectivity index (χ0v) is 16.6. The molecule has 0 aliphatic rings. The molecule has 8 heteroatoms. The molecular weight excluding hydrogens is 344 g/mol. The molecule has 0 aliphatic carbocycles. The number of hydrogen-bond donors (Lipinski definition) is 2. The molecule has 0 bridgehead atoms. The Bertz CT molecular complexity index is 672. The monoisotopic (exact) mass is 370 g/mol. The molecule has 1 rings (SSSR count). The third-order valence-electron chi connectivity index (χ3n) is 3.13. The number of amides is 2. The van der Waals surface area contributed by atoms with Crippen LogP contribution in [-0.4, -0.2) is 39.5 Å². The van der Waals surface area contributed by atoms with E-state index in [1.165, 1.54) is 6.08 Å². The third-order valence-corrected chi connectivity index (χ3v) is 3.58. The maximum atomic E-state index is 12.1. The lowest BCUT2D eigenvalue weighted by molar-refractivity contribution is -0.117. The van der Waals surface area contributed by atoms with Gasteiger partial charge in [-0.05, 0) is 47.6 Å². The fraction of sp³-hybridized carbons (Fsp3) is 0.588. The van der Waals surface area contributed by atoms with Gasteiger partial charge < -0.3 is 15.4 Å². The van der Waals surface area contributed by atoms with Crippen LogP contribution in [0.25, 0.3) is 6.08 Å². The summed E-state index contributed by atoms with van der Waals surface area (Å²) in [5.41, 5.74) is 0.221. The first kappa shape index (κ1) is 21.0. The van der Waals surface area contributed by atoms with Gasteiger partial charge in [0.25, 0.3) is 0 Å². The molecule has 0 saturated heterocycles. The van der Waals surface area contributed by atoms with Crippen LogP contribution in [0.3, 0.4) is 0 Å². The Morgan fingerprint density at radius 3 is 2.36 bits per heavy atom. The summed E-state index contributed by atoms with van der Waals surface area (Å²) in [7, 11) is 1.73. The van der Waals surface area contributed by atoms with E-state index < -0.39 is 17.2 Å². The predicted octanol–water partition coefficient (Wildman–Crippen LogP) is 2.81. The lowest BCUT2D eigenvalue weighted by Crippen LogP contribution is -2.51. The first-order valence-electron chi connectivity index (χ1n) is 7.97. The Morgan fingerprint density at radius 2 is 1.88 bits per heavy atom. The van der Waals surface area contributed by atoms with Gasteiger partial charge in [0, 0.05) is 25.2 Å². The average molecular weight is 371 g/mol. The first-order valence-corrected chi connectivity index (χ1v) is 8.35. The summed E-state index contributed by atoms with van der Waals surface area (Å²) in [6.07, 6.45) is 2.49. The number of aromatic nitrogens is 2. The van der Waals surface area contributed by atoms with Crippen molar-refractivity contribution >= 4 is 29.7 Å². The van der Waals surface area contributed by atoms with Gasteiger partial charge in [-0.1, -0.05) is 11.6 Å². The highest BCUT2D eigenvalue weighted by Crippen LogP contribution is 2.19. The van der Waals surface area contributed by atoms with E-state index >= 15 is 0 Å². The lowest BCUT2D eigenvalue weighted by atomic mass is 10.1. The molecule has 140 valence electrons. The summed E-state index contributed by atoms with van der Waals surface area (Å²) >= 11 is 6.12. The third kappa shape index (κ3) is 7.17. The number of nitrogens with zero attached hydrogens (tertiary/aromatic N) is 2. The Morgan fingerprint density at radius 1 is 1.28 bits per heavy atom. The van der Waals surface area contributed by atoms with E-state index in [1.54, 1.807) is 52.4 Å². The highest BCUT2D eigenvalue weighted by Gasteiger charge is 2.22. The molecule has 0 fully saturated rings. The standard InChI is InChI=1S/C17H27ClN4O3/c1-11-12(14(18)22(7)21-11)8-9-13(23)20-17(5,6)10-19-15(24)25-16(2,3)4/h8-9H,10H2,1-7H3,(H,19,24)(H,20,23). The number of ether oxygens (including phenoxy) is 1. The van der Waals surface area contributed by atoms with Crippen molar-refractivity contribution in [1.29, 1.82) is 0 Å². The van der Waals surface area contributed by atoms with Crippen LogP contribution in [0.2, 0.25) is 5.15 Å². The smallest absolute Gasteiger partial charge is 0.407 e. The molecule has 2 amide bonds. The molecule has 0 atom stereocenters. The van der Waals surface area contributed by atoms with Gasteiger partial charge in [0.1, 0.15) is 10.8 Å². The van der Waals surface area contributed by atoms with E-state index in [1.807, 2.05) is 6.92 Å².